The van der Waals surface area contributed by atoms with Crippen molar-refractivity contribution >= 4 is 50.5 Å². The average molecular weight is 520 g/mol. The number of sulfonamides is 1. The summed E-state index contributed by atoms with van der Waals surface area (Å²) in [5.74, 6) is -0.440. The molecule has 0 aromatic heterocycles. The van der Waals surface area contributed by atoms with Gasteiger partial charge in [0.05, 0.1) is 10.6 Å². The molecule has 9 heteroatoms. The lowest BCUT2D eigenvalue weighted by Crippen LogP contribution is -2.40. The van der Waals surface area contributed by atoms with Gasteiger partial charge in [-0.15, -0.1) is 0 Å². The zero-order chi connectivity index (χ0) is 24.7. The Hall–Kier alpha value is -2.74. The Morgan fingerprint density at radius 3 is 2.09 bits per heavy atom. The van der Waals surface area contributed by atoms with Crippen molar-refractivity contribution in [2.75, 3.05) is 28.8 Å². The molecule has 3 rings (SSSR count). The molecule has 0 aliphatic carbocycles. The van der Waals surface area contributed by atoms with Crippen LogP contribution < -0.4 is 14.5 Å². The third-order valence-electron chi connectivity index (χ3n) is 5.34. The van der Waals surface area contributed by atoms with Crippen LogP contribution in [0.2, 0.25) is 10.0 Å². The molecule has 1 N–H and O–H groups in total. The van der Waals surface area contributed by atoms with Gasteiger partial charge in [0.25, 0.3) is 10.0 Å². The molecule has 3 aromatic rings. The summed E-state index contributed by atoms with van der Waals surface area (Å²) in [6, 6.07) is 20.1. The minimum Gasteiger partial charge on any atom is -0.372 e. The summed E-state index contributed by atoms with van der Waals surface area (Å²) >= 11 is 12.0. The fourth-order valence-electron chi connectivity index (χ4n) is 3.48. The van der Waals surface area contributed by atoms with Gasteiger partial charge in [0, 0.05) is 35.4 Å². The highest BCUT2D eigenvalue weighted by Crippen LogP contribution is 2.26. The van der Waals surface area contributed by atoms with Gasteiger partial charge in [-0.1, -0.05) is 41.4 Å². The van der Waals surface area contributed by atoms with Crippen molar-refractivity contribution in [3.05, 3.63) is 88.4 Å². The molecule has 180 valence electrons. The van der Waals surface area contributed by atoms with E-state index in [1.54, 1.807) is 18.2 Å². The number of carbonyl (C=O) groups excluding carboxylic acids is 1. The summed E-state index contributed by atoms with van der Waals surface area (Å²) in [5, 5.41) is 3.59. The monoisotopic (exact) mass is 519 g/mol. The molecule has 3 aromatic carbocycles. The van der Waals surface area contributed by atoms with Crippen LogP contribution in [0.3, 0.4) is 0 Å². The Bertz CT molecular complexity index is 1210. The fourth-order valence-corrected chi connectivity index (χ4v) is 5.20. The summed E-state index contributed by atoms with van der Waals surface area (Å²) in [6.07, 6.45) is 0. The summed E-state index contributed by atoms with van der Waals surface area (Å²) < 4.78 is 27.8. The molecule has 1 amide bonds. The predicted octanol–water partition coefficient (Wildman–Crippen LogP) is 5.35. The first kappa shape index (κ1) is 25.9. The van der Waals surface area contributed by atoms with E-state index in [1.807, 2.05) is 24.3 Å². The molecule has 0 aliphatic rings. The number of rotatable bonds is 10. The van der Waals surface area contributed by atoms with E-state index in [0.29, 0.717) is 15.7 Å². The summed E-state index contributed by atoms with van der Waals surface area (Å²) in [7, 11) is -4.04. The third-order valence-corrected chi connectivity index (χ3v) is 7.61. The highest BCUT2D eigenvalue weighted by Gasteiger charge is 2.27. The molecule has 0 saturated heterocycles. The summed E-state index contributed by atoms with van der Waals surface area (Å²) in [6.45, 7) is 5.90. The first-order valence-electron chi connectivity index (χ1n) is 10.9. The SMILES string of the molecule is CCN(CC)c1ccc(CNC(=O)CN(c2cccc(Cl)c2)S(=O)(=O)c2ccc(Cl)cc2)cc1. The topological polar surface area (TPSA) is 69.7 Å². The lowest BCUT2D eigenvalue weighted by atomic mass is 10.2. The smallest absolute Gasteiger partial charge is 0.264 e. The van der Waals surface area contributed by atoms with Crippen LogP contribution in [0.5, 0.6) is 0 Å². The molecule has 6 nitrogen and oxygen atoms in total. The van der Waals surface area contributed by atoms with Gasteiger partial charge in [0.15, 0.2) is 0 Å². The van der Waals surface area contributed by atoms with Gasteiger partial charge in [-0.3, -0.25) is 9.10 Å². The van der Waals surface area contributed by atoms with E-state index in [0.717, 1.165) is 28.6 Å². The number of anilines is 2. The molecular formula is C25H27Cl2N3O3S. The second-order valence-electron chi connectivity index (χ2n) is 7.56. The number of hydrogen-bond donors (Lipinski definition) is 1. The summed E-state index contributed by atoms with van der Waals surface area (Å²) in [4.78, 5) is 15.1. The normalized spacial score (nSPS) is 11.2. The van der Waals surface area contributed by atoms with E-state index in [-0.39, 0.29) is 11.4 Å². The van der Waals surface area contributed by atoms with Crippen LogP contribution in [0.1, 0.15) is 19.4 Å². The molecular weight excluding hydrogens is 493 g/mol. The van der Waals surface area contributed by atoms with Crippen molar-refractivity contribution in [2.45, 2.75) is 25.3 Å². The number of carbonyl (C=O) groups is 1. The van der Waals surface area contributed by atoms with Crippen molar-refractivity contribution in [2.24, 2.45) is 0 Å². The summed E-state index contributed by atoms with van der Waals surface area (Å²) in [5.41, 5.74) is 2.32. The van der Waals surface area contributed by atoms with Crippen molar-refractivity contribution in [3.63, 3.8) is 0 Å². The molecule has 0 saturated carbocycles. The highest BCUT2D eigenvalue weighted by molar-refractivity contribution is 7.92. The van der Waals surface area contributed by atoms with Gasteiger partial charge in [0.2, 0.25) is 5.91 Å². The first-order valence-corrected chi connectivity index (χ1v) is 13.1. The third kappa shape index (κ3) is 6.44. The Balaban J connectivity index is 1.77. The standard InChI is InChI=1S/C25H27Cl2N3O3S/c1-3-29(4-2)22-12-8-19(9-13-22)17-28-25(31)18-30(23-7-5-6-21(27)16-23)34(32,33)24-14-10-20(26)11-15-24/h5-16H,3-4,17-18H2,1-2H3,(H,28,31). The van der Waals surface area contributed by atoms with Crippen LogP contribution in [0.15, 0.2) is 77.7 Å². The average Bonchev–Trinajstić information content (AvgIpc) is 2.83. The molecule has 0 fully saturated rings. The molecule has 0 aliphatic heterocycles. The van der Waals surface area contributed by atoms with Crippen LogP contribution in [-0.4, -0.2) is 34.0 Å². The number of benzene rings is 3. The minimum absolute atomic E-state index is 0.0247. The van der Waals surface area contributed by atoms with Crippen molar-refractivity contribution in [1.82, 2.24) is 5.32 Å². The quantitative estimate of drug-likeness (QED) is 0.391. The number of nitrogens with zero attached hydrogens (tertiary/aromatic N) is 2. The maximum Gasteiger partial charge on any atom is 0.264 e. The number of nitrogens with one attached hydrogen (secondary N) is 1. The Kier molecular flexibility index (Phi) is 8.83. The zero-order valence-corrected chi connectivity index (χ0v) is 21.4. The van der Waals surface area contributed by atoms with E-state index < -0.39 is 22.5 Å². The number of amides is 1. The van der Waals surface area contributed by atoms with Gasteiger partial charge in [-0.05, 0) is 74.0 Å². The Morgan fingerprint density at radius 2 is 1.50 bits per heavy atom. The number of hydrogen-bond acceptors (Lipinski definition) is 4. The van der Waals surface area contributed by atoms with Gasteiger partial charge < -0.3 is 10.2 Å². The van der Waals surface area contributed by atoms with Crippen LogP contribution in [0.4, 0.5) is 11.4 Å². The maximum absolute atomic E-state index is 13.4. The zero-order valence-electron chi connectivity index (χ0n) is 19.0. The maximum atomic E-state index is 13.4. The van der Waals surface area contributed by atoms with Crippen LogP contribution in [-0.2, 0) is 21.4 Å². The molecule has 0 atom stereocenters. The molecule has 0 unspecified atom stereocenters. The van der Waals surface area contributed by atoms with Crippen LogP contribution in [0.25, 0.3) is 0 Å². The van der Waals surface area contributed by atoms with Crippen LogP contribution in [0, 0.1) is 0 Å². The van der Waals surface area contributed by atoms with E-state index in [1.165, 1.54) is 30.3 Å². The molecule has 0 bridgehead atoms. The van der Waals surface area contributed by atoms with Gasteiger partial charge >= 0.3 is 0 Å². The largest absolute Gasteiger partial charge is 0.372 e. The van der Waals surface area contributed by atoms with Crippen molar-refractivity contribution < 1.29 is 13.2 Å². The number of halogens is 2. The lowest BCUT2D eigenvalue weighted by Gasteiger charge is -2.24. The van der Waals surface area contributed by atoms with E-state index in [4.69, 9.17) is 23.2 Å². The Labute approximate surface area is 211 Å². The van der Waals surface area contributed by atoms with E-state index in [2.05, 4.69) is 24.1 Å². The molecule has 0 radical (unpaired) electrons. The van der Waals surface area contributed by atoms with Crippen molar-refractivity contribution in [3.8, 4) is 0 Å². The lowest BCUT2D eigenvalue weighted by molar-refractivity contribution is -0.119. The van der Waals surface area contributed by atoms with E-state index in [9.17, 15) is 13.2 Å². The van der Waals surface area contributed by atoms with Crippen LogP contribution >= 0.6 is 23.2 Å². The van der Waals surface area contributed by atoms with Gasteiger partial charge in [-0.25, -0.2) is 8.42 Å². The second-order valence-corrected chi connectivity index (χ2v) is 10.3. The molecule has 34 heavy (non-hydrogen) atoms. The Morgan fingerprint density at radius 1 is 0.853 bits per heavy atom. The minimum atomic E-state index is -4.04. The van der Waals surface area contributed by atoms with Gasteiger partial charge in [0.1, 0.15) is 6.54 Å². The highest BCUT2D eigenvalue weighted by atomic mass is 35.5. The molecule has 0 spiro atoms. The predicted molar refractivity (Wildman–Crippen MR) is 139 cm³/mol. The fraction of sp³-hybridized carbons (Fsp3) is 0.240. The first-order chi connectivity index (χ1) is 16.2. The van der Waals surface area contributed by atoms with Crippen molar-refractivity contribution in [1.29, 1.82) is 0 Å². The molecule has 0 heterocycles. The van der Waals surface area contributed by atoms with E-state index >= 15 is 0 Å². The second kappa shape index (κ2) is 11.6. The van der Waals surface area contributed by atoms with Gasteiger partial charge in [-0.2, -0.15) is 0 Å².